The van der Waals surface area contributed by atoms with Crippen molar-refractivity contribution in [1.82, 2.24) is 4.98 Å². The molecule has 0 spiro atoms. The Kier molecular flexibility index (Phi) is 2.98. The normalized spacial score (nSPS) is 12.1. The number of nitrogens with one attached hydrogen (secondary N) is 1. The standard InChI is InChI=1S/C13H14N2/c1-11(12-5-3-2-4-6-12)15-13-7-9-14-10-8-13/h2-11H,1H3,(H,14,15)/t11-/m0/s1. The van der Waals surface area contributed by atoms with Crippen molar-refractivity contribution < 1.29 is 0 Å². The average Bonchev–Trinajstić information content (AvgIpc) is 2.31. The van der Waals surface area contributed by atoms with Crippen molar-refractivity contribution in [3.05, 3.63) is 60.4 Å². The number of nitrogens with zero attached hydrogens (tertiary/aromatic N) is 1. The first-order valence-electron chi connectivity index (χ1n) is 5.08. The minimum atomic E-state index is 0.314. The third-order valence-electron chi connectivity index (χ3n) is 2.36. The van der Waals surface area contributed by atoms with Gasteiger partial charge >= 0.3 is 0 Å². The molecule has 2 rings (SSSR count). The van der Waals surface area contributed by atoms with Crippen molar-refractivity contribution in [3.8, 4) is 0 Å². The maximum atomic E-state index is 3.99. The largest absolute Gasteiger partial charge is 0.378 e. The van der Waals surface area contributed by atoms with E-state index in [9.17, 15) is 0 Å². The number of benzene rings is 1. The highest BCUT2D eigenvalue weighted by atomic mass is 14.9. The SMILES string of the molecule is C[C@H](Nc1ccncc1)c1ccccc1. The molecule has 0 amide bonds. The van der Waals surface area contributed by atoms with Gasteiger partial charge in [0.25, 0.3) is 0 Å². The molecular formula is C13H14N2. The van der Waals surface area contributed by atoms with Crippen LogP contribution in [0.4, 0.5) is 5.69 Å². The molecule has 0 fully saturated rings. The van der Waals surface area contributed by atoms with Gasteiger partial charge in [0, 0.05) is 24.1 Å². The highest BCUT2D eigenvalue weighted by Gasteiger charge is 2.03. The summed E-state index contributed by atoms with van der Waals surface area (Å²) in [5.41, 5.74) is 2.38. The molecule has 2 aromatic rings. The lowest BCUT2D eigenvalue weighted by molar-refractivity contribution is 0.884. The molecule has 1 atom stereocenters. The molecule has 0 saturated carbocycles. The van der Waals surface area contributed by atoms with E-state index in [0.29, 0.717) is 6.04 Å². The van der Waals surface area contributed by atoms with Crippen LogP contribution >= 0.6 is 0 Å². The molecule has 1 aromatic carbocycles. The molecule has 2 heteroatoms. The molecule has 0 saturated heterocycles. The van der Waals surface area contributed by atoms with Gasteiger partial charge in [-0.3, -0.25) is 4.98 Å². The number of hydrogen-bond donors (Lipinski definition) is 1. The fraction of sp³-hybridized carbons (Fsp3) is 0.154. The van der Waals surface area contributed by atoms with E-state index >= 15 is 0 Å². The van der Waals surface area contributed by atoms with E-state index in [0.717, 1.165) is 5.69 Å². The molecule has 76 valence electrons. The van der Waals surface area contributed by atoms with Gasteiger partial charge in [0.1, 0.15) is 0 Å². The summed E-state index contributed by atoms with van der Waals surface area (Å²) in [5, 5.41) is 3.42. The van der Waals surface area contributed by atoms with Crippen molar-refractivity contribution in [2.75, 3.05) is 5.32 Å². The molecule has 0 aliphatic heterocycles. The summed E-state index contributed by atoms with van der Waals surface area (Å²) < 4.78 is 0. The summed E-state index contributed by atoms with van der Waals surface area (Å²) in [4.78, 5) is 3.99. The number of anilines is 1. The Bertz CT molecular complexity index is 397. The van der Waals surface area contributed by atoms with Crippen LogP contribution in [0.5, 0.6) is 0 Å². The van der Waals surface area contributed by atoms with Gasteiger partial charge in [-0.05, 0) is 24.6 Å². The van der Waals surface area contributed by atoms with Crippen LogP contribution in [-0.4, -0.2) is 4.98 Å². The quantitative estimate of drug-likeness (QED) is 0.818. The smallest absolute Gasteiger partial charge is 0.0485 e. The topological polar surface area (TPSA) is 24.9 Å². The molecule has 0 radical (unpaired) electrons. The molecule has 0 unspecified atom stereocenters. The van der Waals surface area contributed by atoms with Crippen LogP contribution in [0.2, 0.25) is 0 Å². The van der Waals surface area contributed by atoms with Gasteiger partial charge in [-0.15, -0.1) is 0 Å². The van der Waals surface area contributed by atoms with Crippen LogP contribution in [0.15, 0.2) is 54.9 Å². The maximum Gasteiger partial charge on any atom is 0.0485 e. The lowest BCUT2D eigenvalue weighted by Crippen LogP contribution is -2.06. The maximum absolute atomic E-state index is 3.99. The number of hydrogen-bond acceptors (Lipinski definition) is 2. The van der Waals surface area contributed by atoms with Gasteiger partial charge in [-0.1, -0.05) is 30.3 Å². The van der Waals surface area contributed by atoms with Crippen molar-refractivity contribution in [1.29, 1.82) is 0 Å². The molecule has 15 heavy (non-hydrogen) atoms. The summed E-state index contributed by atoms with van der Waals surface area (Å²) in [6.45, 7) is 2.15. The molecule has 1 heterocycles. The zero-order chi connectivity index (χ0) is 10.5. The van der Waals surface area contributed by atoms with Crippen LogP contribution in [0.3, 0.4) is 0 Å². The number of pyridine rings is 1. The average molecular weight is 198 g/mol. The van der Waals surface area contributed by atoms with Crippen molar-refractivity contribution >= 4 is 5.69 Å². The first-order valence-corrected chi connectivity index (χ1v) is 5.08. The van der Waals surface area contributed by atoms with Crippen LogP contribution in [0.1, 0.15) is 18.5 Å². The van der Waals surface area contributed by atoms with Crippen LogP contribution < -0.4 is 5.32 Å². The van der Waals surface area contributed by atoms with Crippen LogP contribution in [0, 0.1) is 0 Å². The summed E-state index contributed by atoms with van der Waals surface area (Å²) in [6.07, 6.45) is 3.58. The molecule has 0 aliphatic carbocycles. The summed E-state index contributed by atoms with van der Waals surface area (Å²) in [5.74, 6) is 0. The van der Waals surface area contributed by atoms with Gasteiger partial charge in [-0.25, -0.2) is 0 Å². The Morgan fingerprint density at radius 1 is 1.00 bits per heavy atom. The number of rotatable bonds is 3. The Labute approximate surface area is 90.0 Å². The molecule has 0 aliphatic rings. The molecule has 2 nitrogen and oxygen atoms in total. The van der Waals surface area contributed by atoms with E-state index in [2.05, 4.69) is 41.5 Å². The minimum Gasteiger partial charge on any atom is -0.378 e. The van der Waals surface area contributed by atoms with E-state index in [1.807, 2.05) is 18.2 Å². The lowest BCUT2D eigenvalue weighted by Gasteiger charge is -2.15. The van der Waals surface area contributed by atoms with E-state index in [1.165, 1.54) is 5.56 Å². The second kappa shape index (κ2) is 4.60. The highest BCUT2D eigenvalue weighted by molar-refractivity contribution is 5.43. The molecule has 0 bridgehead atoms. The summed E-state index contributed by atoms with van der Waals surface area (Å²) >= 11 is 0. The fourth-order valence-electron chi connectivity index (χ4n) is 1.52. The predicted octanol–water partition coefficient (Wildman–Crippen LogP) is 3.25. The Hall–Kier alpha value is -1.83. The van der Waals surface area contributed by atoms with Gasteiger partial charge < -0.3 is 5.32 Å². The van der Waals surface area contributed by atoms with Crippen molar-refractivity contribution in [2.45, 2.75) is 13.0 Å². The lowest BCUT2D eigenvalue weighted by atomic mass is 10.1. The van der Waals surface area contributed by atoms with Gasteiger partial charge in [-0.2, -0.15) is 0 Å². The van der Waals surface area contributed by atoms with Crippen molar-refractivity contribution in [2.24, 2.45) is 0 Å². The third-order valence-corrected chi connectivity index (χ3v) is 2.36. The van der Waals surface area contributed by atoms with Crippen molar-refractivity contribution in [3.63, 3.8) is 0 Å². The zero-order valence-electron chi connectivity index (χ0n) is 8.72. The van der Waals surface area contributed by atoms with Gasteiger partial charge in [0.2, 0.25) is 0 Å². The first kappa shape index (κ1) is 9.71. The van der Waals surface area contributed by atoms with Crippen LogP contribution in [0.25, 0.3) is 0 Å². The molecule has 1 aromatic heterocycles. The second-order valence-corrected chi connectivity index (χ2v) is 3.51. The second-order valence-electron chi connectivity index (χ2n) is 3.51. The summed E-state index contributed by atoms with van der Waals surface area (Å²) in [6, 6.07) is 14.6. The van der Waals surface area contributed by atoms with Gasteiger partial charge in [0.05, 0.1) is 0 Å². The number of aromatic nitrogens is 1. The Balaban J connectivity index is 2.08. The third kappa shape index (κ3) is 2.56. The van der Waals surface area contributed by atoms with E-state index in [1.54, 1.807) is 12.4 Å². The molecular weight excluding hydrogens is 184 g/mol. The molecule has 1 N–H and O–H groups in total. The predicted molar refractivity (Wildman–Crippen MR) is 62.7 cm³/mol. The monoisotopic (exact) mass is 198 g/mol. The van der Waals surface area contributed by atoms with E-state index in [-0.39, 0.29) is 0 Å². The fourth-order valence-corrected chi connectivity index (χ4v) is 1.52. The van der Waals surface area contributed by atoms with E-state index < -0.39 is 0 Å². The Morgan fingerprint density at radius 2 is 1.67 bits per heavy atom. The summed E-state index contributed by atoms with van der Waals surface area (Å²) in [7, 11) is 0. The Morgan fingerprint density at radius 3 is 2.33 bits per heavy atom. The van der Waals surface area contributed by atoms with Gasteiger partial charge in [0.15, 0.2) is 0 Å². The first-order chi connectivity index (χ1) is 7.36. The minimum absolute atomic E-state index is 0.314. The van der Waals surface area contributed by atoms with Crippen LogP contribution in [-0.2, 0) is 0 Å². The zero-order valence-corrected chi connectivity index (χ0v) is 8.72. The van der Waals surface area contributed by atoms with E-state index in [4.69, 9.17) is 0 Å². The highest BCUT2D eigenvalue weighted by Crippen LogP contribution is 2.17.